The smallest absolute Gasteiger partial charge is 0.105 e. The fraction of sp³-hybridized carbons (Fsp3) is 0.700. The first-order valence-corrected chi connectivity index (χ1v) is 5.02. The summed E-state index contributed by atoms with van der Waals surface area (Å²) in [6.07, 6.45) is 3.78. The lowest BCUT2D eigenvalue weighted by Crippen LogP contribution is -2.22. The van der Waals surface area contributed by atoms with Crippen LogP contribution < -0.4 is 5.48 Å². The Bertz CT molecular complexity index is 258. The third-order valence-electron chi connectivity index (χ3n) is 1.90. The Labute approximate surface area is 85.2 Å². The van der Waals surface area contributed by atoms with Gasteiger partial charge in [0.05, 0.1) is 6.61 Å². The minimum atomic E-state index is 0.567. The molecule has 1 aromatic heterocycles. The number of aryl methyl sites for hydroxylation is 1. The van der Waals surface area contributed by atoms with Crippen LogP contribution in [0.3, 0.4) is 0 Å². The van der Waals surface area contributed by atoms with Gasteiger partial charge >= 0.3 is 0 Å². The van der Waals surface area contributed by atoms with Crippen molar-refractivity contribution in [1.82, 2.24) is 15.0 Å². The van der Waals surface area contributed by atoms with Crippen molar-refractivity contribution in [3.05, 3.63) is 18.2 Å². The topological polar surface area (TPSA) is 39.1 Å². The van der Waals surface area contributed by atoms with Crippen LogP contribution in [0, 0.1) is 12.8 Å². The van der Waals surface area contributed by atoms with Gasteiger partial charge in [-0.3, -0.25) is 0 Å². The average Bonchev–Trinajstić information content (AvgIpc) is 2.51. The SMILES string of the molecule is Cc1nccn1CCNOCC(C)C. The molecule has 0 radical (unpaired) electrons. The molecule has 0 fully saturated rings. The molecule has 0 bridgehead atoms. The number of imidazole rings is 1. The van der Waals surface area contributed by atoms with Gasteiger partial charge in [0, 0.05) is 25.5 Å². The van der Waals surface area contributed by atoms with E-state index in [2.05, 4.69) is 28.9 Å². The Morgan fingerprint density at radius 1 is 1.57 bits per heavy atom. The van der Waals surface area contributed by atoms with Crippen molar-refractivity contribution in [1.29, 1.82) is 0 Å². The first-order valence-electron chi connectivity index (χ1n) is 5.02. The molecule has 0 unspecified atom stereocenters. The third-order valence-corrected chi connectivity index (χ3v) is 1.90. The van der Waals surface area contributed by atoms with Gasteiger partial charge < -0.3 is 9.40 Å². The van der Waals surface area contributed by atoms with Crippen molar-refractivity contribution in [2.24, 2.45) is 5.92 Å². The molecule has 0 spiro atoms. The molecule has 1 heterocycles. The molecule has 0 aromatic carbocycles. The zero-order chi connectivity index (χ0) is 10.4. The Morgan fingerprint density at radius 3 is 2.93 bits per heavy atom. The number of rotatable bonds is 6. The molecule has 1 rings (SSSR count). The molecule has 1 N–H and O–H groups in total. The number of aromatic nitrogens is 2. The zero-order valence-electron chi connectivity index (χ0n) is 9.16. The van der Waals surface area contributed by atoms with E-state index >= 15 is 0 Å². The Balaban J connectivity index is 2.08. The van der Waals surface area contributed by atoms with Gasteiger partial charge in [-0.15, -0.1) is 0 Å². The maximum atomic E-state index is 5.25. The van der Waals surface area contributed by atoms with E-state index in [0.29, 0.717) is 5.92 Å². The van der Waals surface area contributed by atoms with Crippen molar-refractivity contribution in [3.63, 3.8) is 0 Å². The predicted molar refractivity (Wildman–Crippen MR) is 55.8 cm³/mol. The van der Waals surface area contributed by atoms with Gasteiger partial charge in [0.2, 0.25) is 0 Å². The van der Waals surface area contributed by atoms with Gasteiger partial charge in [-0.2, -0.15) is 0 Å². The highest BCUT2D eigenvalue weighted by Crippen LogP contribution is 1.94. The standard InChI is InChI=1S/C10H19N3O/c1-9(2)8-14-12-5-7-13-6-4-11-10(13)3/h4,6,9,12H,5,7-8H2,1-3H3. The van der Waals surface area contributed by atoms with Crippen molar-refractivity contribution >= 4 is 0 Å². The van der Waals surface area contributed by atoms with Gasteiger partial charge in [0.25, 0.3) is 0 Å². The highest BCUT2D eigenvalue weighted by Gasteiger charge is 1.96. The quantitative estimate of drug-likeness (QED) is 0.553. The molecule has 14 heavy (non-hydrogen) atoms. The minimum absolute atomic E-state index is 0.567. The molecule has 0 aliphatic carbocycles. The highest BCUT2D eigenvalue weighted by molar-refractivity contribution is 4.88. The Hall–Kier alpha value is -0.870. The van der Waals surface area contributed by atoms with Crippen LogP contribution >= 0.6 is 0 Å². The first-order chi connectivity index (χ1) is 6.70. The summed E-state index contributed by atoms with van der Waals surface area (Å²) in [7, 11) is 0. The average molecular weight is 197 g/mol. The Morgan fingerprint density at radius 2 is 2.36 bits per heavy atom. The van der Waals surface area contributed by atoms with Gasteiger partial charge in [0.15, 0.2) is 0 Å². The van der Waals surface area contributed by atoms with Crippen molar-refractivity contribution in [3.8, 4) is 0 Å². The van der Waals surface area contributed by atoms with E-state index in [1.165, 1.54) is 0 Å². The maximum Gasteiger partial charge on any atom is 0.105 e. The second-order valence-corrected chi connectivity index (χ2v) is 3.77. The van der Waals surface area contributed by atoms with Crippen molar-refractivity contribution in [2.75, 3.05) is 13.2 Å². The lowest BCUT2D eigenvalue weighted by Gasteiger charge is -2.08. The van der Waals surface area contributed by atoms with E-state index < -0.39 is 0 Å². The fourth-order valence-electron chi connectivity index (χ4n) is 1.10. The zero-order valence-corrected chi connectivity index (χ0v) is 9.16. The monoisotopic (exact) mass is 197 g/mol. The van der Waals surface area contributed by atoms with E-state index in [0.717, 1.165) is 25.5 Å². The summed E-state index contributed by atoms with van der Waals surface area (Å²) in [6.45, 7) is 8.70. The molecule has 1 aromatic rings. The molecule has 0 aliphatic rings. The molecular weight excluding hydrogens is 178 g/mol. The summed E-state index contributed by atoms with van der Waals surface area (Å²) < 4.78 is 2.09. The largest absolute Gasteiger partial charge is 0.334 e. The van der Waals surface area contributed by atoms with Crippen LogP contribution in [0.5, 0.6) is 0 Å². The lowest BCUT2D eigenvalue weighted by molar-refractivity contribution is 0.0223. The molecule has 4 nitrogen and oxygen atoms in total. The molecule has 80 valence electrons. The molecule has 0 saturated carbocycles. The van der Waals surface area contributed by atoms with E-state index in [4.69, 9.17) is 4.84 Å². The fourth-order valence-corrected chi connectivity index (χ4v) is 1.10. The maximum absolute atomic E-state index is 5.25. The van der Waals surface area contributed by atoms with Crippen LogP contribution in [0.25, 0.3) is 0 Å². The van der Waals surface area contributed by atoms with Crippen LogP contribution in [-0.2, 0) is 11.4 Å². The van der Waals surface area contributed by atoms with E-state index in [1.54, 1.807) is 0 Å². The van der Waals surface area contributed by atoms with Gasteiger partial charge in [-0.05, 0) is 12.8 Å². The van der Waals surface area contributed by atoms with Crippen LogP contribution in [0.4, 0.5) is 0 Å². The van der Waals surface area contributed by atoms with Gasteiger partial charge in [-0.25, -0.2) is 10.5 Å². The number of nitrogens with one attached hydrogen (secondary N) is 1. The predicted octanol–water partition coefficient (Wildman–Crippen LogP) is 1.37. The van der Waals surface area contributed by atoms with E-state index in [-0.39, 0.29) is 0 Å². The van der Waals surface area contributed by atoms with Gasteiger partial charge in [0.1, 0.15) is 5.82 Å². The van der Waals surface area contributed by atoms with Crippen LogP contribution in [-0.4, -0.2) is 22.7 Å². The third kappa shape index (κ3) is 3.89. The molecular formula is C10H19N3O. The summed E-state index contributed by atoms with van der Waals surface area (Å²) in [6, 6.07) is 0. The highest BCUT2D eigenvalue weighted by atomic mass is 16.6. The summed E-state index contributed by atoms with van der Waals surface area (Å²) >= 11 is 0. The van der Waals surface area contributed by atoms with Crippen molar-refractivity contribution < 1.29 is 4.84 Å². The molecule has 0 amide bonds. The number of nitrogens with zero attached hydrogens (tertiary/aromatic N) is 2. The van der Waals surface area contributed by atoms with E-state index in [9.17, 15) is 0 Å². The van der Waals surface area contributed by atoms with Crippen LogP contribution in [0.15, 0.2) is 12.4 Å². The summed E-state index contributed by atoms with van der Waals surface area (Å²) in [5.41, 5.74) is 2.93. The summed E-state index contributed by atoms with van der Waals surface area (Å²) in [4.78, 5) is 9.39. The minimum Gasteiger partial charge on any atom is -0.334 e. The second kappa shape index (κ2) is 5.78. The van der Waals surface area contributed by atoms with Crippen LogP contribution in [0.2, 0.25) is 0 Å². The molecule has 4 heteroatoms. The Kier molecular flexibility index (Phi) is 4.62. The molecule has 0 aliphatic heterocycles. The van der Waals surface area contributed by atoms with Crippen LogP contribution in [0.1, 0.15) is 19.7 Å². The van der Waals surface area contributed by atoms with Gasteiger partial charge in [-0.1, -0.05) is 13.8 Å². The number of hydrogen-bond acceptors (Lipinski definition) is 3. The second-order valence-electron chi connectivity index (χ2n) is 3.77. The summed E-state index contributed by atoms with van der Waals surface area (Å²) in [5.74, 6) is 1.60. The molecule has 0 saturated heterocycles. The molecule has 0 atom stereocenters. The van der Waals surface area contributed by atoms with Crippen molar-refractivity contribution in [2.45, 2.75) is 27.3 Å². The van der Waals surface area contributed by atoms with E-state index in [1.807, 2.05) is 19.3 Å². The normalized spacial score (nSPS) is 11.1. The number of hydroxylamine groups is 1. The summed E-state index contributed by atoms with van der Waals surface area (Å²) in [5, 5.41) is 0. The first kappa shape index (κ1) is 11.2. The number of hydrogen-bond donors (Lipinski definition) is 1. The lowest BCUT2D eigenvalue weighted by atomic mass is 10.2.